The van der Waals surface area contributed by atoms with Gasteiger partial charge in [-0.2, -0.15) is 0 Å². The number of halogens is 8. The van der Waals surface area contributed by atoms with E-state index in [9.17, 15) is 76.3 Å². The summed E-state index contributed by atoms with van der Waals surface area (Å²) in [6.07, 6.45) is 8.53. The minimum absolute atomic E-state index is 0.143. The zero-order chi connectivity index (χ0) is 99.1. The predicted octanol–water partition coefficient (Wildman–Crippen LogP) is 13.9. The van der Waals surface area contributed by atoms with E-state index >= 15 is 17.6 Å². The molecule has 4 N–H and O–H groups in total. The minimum Gasteiger partial charge on any atom is -0.502 e. The third-order valence-corrected chi connectivity index (χ3v) is 36.6. The van der Waals surface area contributed by atoms with Crippen molar-refractivity contribution in [1.29, 1.82) is 0 Å². The molecule has 12 aromatic rings. The van der Waals surface area contributed by atoms with Crippen LogP contribution in [0.25, 0.3) is 0 Å². The highest BCUT2D eigenvalue weighted by Crippen LogP contribution is 2.69. The number of ether oxygens (including phenoxy) is 4. The number of aromatic hydroxyl groups is 4. The summed E-state index contributed by atoms with van der Waals surface area (Å²) >= 11 is 6.11. The Labute approximate surface area is 830 Å². The number of nitrogens with zero attached hydrogens (tertiary/aromatic N) is 12. The first-order chi connectivity index (χ1) is 69.7. The van der Waals surface area contributed by atoms with Gasteiger partial charge in [0.25, 0.3) is 23.6 Å². The van der Waals surface area contributed by atoms with Gasteiger partial charge in [0.2, 0.25) is 21.7 Å². The first-order valence-electron chi connectivity index (χ1n) is 47.2. The van der Waals surface area contributed by atoms with Crippen LogP contribution in [0, 0.1) is 46.5 Å². The lowest BCUT2D eigenvalue weighted by molar-refractivity contribution is -0.0270. The summed E-state index contributed by atoms with van der Waals surface area (Å²) < 4.78 is 149. The summed E-state index contributed by atoms with van der Waals surface area (Å²) in [6, 6.07) is 45.6. The lowest BCUT2D eigenvalue weighted by atomic mass is 9.71. The minimum atomic E-state index is -1.03. The molecule has 6 fully saturated rings. The Morgan fingerprint density at radius 1 is 0.312 bits per heavy atom. The van der Waals surface area contributed by atoms with Gasteiger partial charge in [-0.15, -0.1) is 47.0 Å². The van der Waals surface area contributed by atoms with E-state index in [1.54, 1.807) is 67.4 Å². The second kappa shape index (κ2) is 34.1. The fourth-order valence-corrected chi connectivity index (χ4v) is 30.0. The van der Waals surface area contributed by atoms with E-state index in [0.717, 1.165) is 66.1 Å². The number of carbonyl (C=O) groups excluding carboxylic acids is 4. The summed E-state index contributed by atoms with van der Waals surface area (Å²) in [7, 11) is 0. The molecule has 6 unspecified atom stereocenters. The van der Waals surface area contributed by atoms with Gasteiger partial charge in [-0.1, -0.05) is 97.1 Å². The third kappa shape index (κ3) is 13.4. The van der Waals surface area contributed by atoms with Crippen LogP contribution in [-0.2, 0) is 39.5 Å². The van der Waals surface area contributed by atoms with Crippen molar-refractivity contribution in [1.82, 2.24) is 38.3 Å². The number of hydrogen-bond acceptors (Lipinski definition) is 24. The smallest absolute Gasteiger partial charge is 0.278 e. The zero-order valence-electron chi connectivity index (χ0n) is 75.9. The van der Waals surface area contributed by atoms with Crippen LogP contribution in [0.4, 0.5) is 35.1 Å². The van der Waals surface area contributed by atoms with Gasteiger partial charge in [-0.3, -0.25) is 77.1 Å². The van der Waals surface area contributed by atoms with Gasteiger partial charge in [0.15, 0.2) is 92.3 Å². The number of fused-ring (bicyclic) bond motifs is 16. The molecule has 4 aliphatic carbocycles. The fourth-order valence-electron chi connectivity index (χ4n) is 24.2. The van der Waals surface area contributed by atoms with Gasteiger partial charge >= 0.3 is 0 Å². The topological polar surface area (TPSA) is 300 Å². The highest BCUT2D eigenvalue weighted by atomic mass is 32.2. The van der Waals surface area contributed by atoms with Gasteiger partial charge < -0.3 is 59.0 Å². The van der Waals surface area contributed by atoms with E-state index in [0.29, 0.717) is 122 Å². The van der Waals surface area contributed by atoms with Crippen LogP contribution in [0.15, 0.2) is 233 Å². The number of carbonyl (C=O) groups is 4. The Morgan fingerprint density at radius 3 is 0.979 bits per heavy atom. The number of amides is 4. The maximum Gasteiger partial charge on any atom is 0.278 e. The molecule has 28 nitrogen and oxygen atoms in total. The van der Waals surface area contributed by atoms with E-state index in [-0.39, 0.29) is 85.9 Å². The van der Waals surface area contributed by atoms with Crippen molar-refractivity contribution >= 4 is 70.7 Å². The second-order valence-electron chi connectivity index (χ2n) is 37.9. The molecule has 4 bridgehead atoms. The molecule has 144 heavy (non-hydrogen) atoms. The Balaban J connectivity index is 0.000000101. The number of hydrogen-bond donors (Lipinski definition) is 4. The number of aromatic nitrogens is 4. The van der Waals surface area contributed by atoms with Crippen molar-refractivity contribution in [2.45, 2.75) is 139 Å². The van der Waals surface area contributed by atoms with E-state index in [2.05, 4.69) is 0 Å². The van der Waals surface area contributed by atoms with Crippen LogP contribution in [0.2, 0.25) is 0 Å². The van der Waals surface area contributed by atoms with Gasteiger partial charge in [-0.05, 0) is 144 Å². The molecule has 4 amide bonds. The van der Waals surface area contributed by atoms with Crippen LogP contribution in [0.5, 0.6) is 23.0 Å². The van der Waals surface area contributed by atoms with Crippen molar-refractivity contribution in [3.8, 4) is 23.0 Å². The molecule has 2 spiro atoms. The van der Waals surface area contributed by atoms with Gasteiger partial charge in [-0.25, -0.2) is 35.1 Å². The van der Waals surface area contributed by atoms with Crippen LogP contribution in [0.1, 0.15) is 183 Å². The zero-order valence-corrected chi connectivity index (χ0v) is 79.2. The molecule has 736 valence electrons. The third-order valence-electron chi connectivity index (χ3n) is 30.7. The molecular weight excluding hydrogens is 1950 g/mol. The van der Waals surface area contributed by atoms with Gasteiger partial charge in [0, 0.05) is 137 Å². The van der Waals surface area contributed by atoms with Crippen LogP contribution < -0.4 is 41.8 Å². The Bertz CT molecular complexity index is 7380. The molecule has 18 heterocycles. The molecule has 18 aliphatic rings. The Morgan fingerprint density at radius 2 is 0.618 bits per heavy atom. The predicted molar refractivity (Wildman–Crippen MR) is 511 cm³/mol. The molecule has 4 saturated heterocycles. The molecule has 4 aromatic heterocycles. The lowest BCUT2D eigenvalue weighted by Crippen LogP contribution is -2.71. The van der Waals surface area contributed by atoms with E-state index < -0.39 is 172 Å². The molecule has 10 atom stereocenters. The average Bonchev–Trinajstić information content (AvgIpc) is 1.46. The largest absolute Gasteiger partial charge is 0.502 e. The monoisotopic (exact) mass is 2040 g/mol. The summed E-state index contributed by atoms with van der Waals surface area (Å²) in [6.45, 7) is 3.01. The molecule has 0 radical (unpaired) electrons. The van der Waals surface area contributed by atoms with Crippen LogP contribution >= 0.6 is 47.0 Å². The molecule has 14 aliphatic heterocycles. The molecule has 8 aromatic carbocycles. The van der Waals surface area contributed by atoms with Crippen molar-refractivity contribution in [2.24, 2.45) is 0 Å². The van der Waals surface area contributed by atoms with E-state index in [1.807, 2.05) is 117 Å². The Hall–Kier alpha value is -13.5. The number of rotatable bonds is 4. The summed E-state index contributed by atoms with van der Waals surface area (Å²) in [5.41, 5.74) is 1.92. The summed E-state index contributed by atoms with van der Waals surface area (Å²) in [4.78, 5) is 113. The second-order valence-corrected chi connectivity index (χ2v) is 43.3. The lowest BCUT2D eigenvalue weighted by Gasteiger charge is -2.57. The highest BCUT2D eigenvalue weighted by Gasteiger charge is 2.63. The first kappa shape index (κ1) is 91.7. The molecule has 2 saturated carbocycles. The summed E-state index contributed by atoms with van der Waals surface area (Å²) in [5.74, 6) is -11.5. The Kier molecular flexibility index (Phi) is 21.7. The molecular formula is C104H84F8N12O16S4. The summed E-state index contributed by atoms with van der Waals surface area (Å²) in [5, 5.41) is 49.9. The van der Waals surface area contributed by atoms with Crippen molar-refractivity contribution in [2.75, 3.05) is 99.1 Å². The van der Waals surface area contributed by atoms with E-state index in [4.69, 9.17) is 18.9 Å². The van der Waals surface area contributed by atoms with Crippen LogP contribution in [0.3, 0.4) is 0 Å². The van der Waals surface area contributed by atoms with Crippen molar-refractivity contribution < 1.29 is 93.7 Å². The SMILES string of the molecule is O=C1c2c(O)c(=O)ccn2N(C23CCC(Sc4ccccc42)c2c3ccc(F)c2F)C2COCCN12.O=C1c2c(O)c(=O)ccn2N(C2c3ccccc3SC3(CC3)c3c2ccc(F)c3F)C2COCCN12.O=C1c2c(O)c(=O)ccn2N([C@@H]2c3ccccc3SC3(CC3)c3c2ccc(F)c3F)[C@@H]2COCCN12.O=C1c2c(O)c(=O)ccn2N([C@@]23CCC(Sc4ccccc42)c2c3ccc(F)c2F)[C@@H]2COCCN12. The number of morpholine rings is 4. The quantitative estimate of drug-likeness (QED) is 0.119. The maximum atomic E-state index is 15.6. The van der Waals surface area contributed by atoms with Gasteiger partial charge in [0.1, 0.15) is 35.7 Å². The molecule has 40 heteroatoms. The number of pyridine rings is 4. The van der Waals surface area contributed by atoms with Crippen LogP contribution in [-0.4, -0.2) is 186 Å². The van der Waals surface area contributed by atoms with Crippen molar-refractivity contribution in [3.63, 3.8) is 0 Å². The highest BCUT2D eigenvalue weighted by molar-refractivity contribution is 8.01. The fraction of sp³-hybridized carbons (Fsp3) is 0.308. The van der Waals surface area contributed by atoms with E-state index in [1.165, 1.54) is 91.3 Å². The van der Waals surface area contributed by atoms with Crippen molar-refractivity contribution in [3.05, 3.63) is 372 Å². The number of benzene rings is 8. The van der Waals surface area contributed by atoms with Gasteiger partial charge in [0.05, 0.1) is 64.9 Å². The molecule has 30 rings (SSSR count). The number of thioether (sulfide) groups is 4. The standard InChI is InChI=1S/4C26H21F2N3O4S/c2*27-16-6-5-15-20(21(16)28)26(8-9-26)36-18-4-2-1-3-14(18)22(15)31-19-13-35-12-11-29(19)25(34)23-24(33)17(32)7-10-30(23)31;2*27-16-6-5-15-21(22(16)28)19-7-9-26(15,14-3-1-2-4-18(14)36-19)31-20-13-35-12-11-29(20)25(34)23-24(33)17(32)8-10-30(23)31/h2*1-7,10,19,22,33H,8-9,11-13H2;2*1-6,8,10,19-20,33H,7,9,11-13H2/t19-,22-;;19?,20-,26+;/m1.1./s1. The maximum absolute atomic E-state index is 15.6. The average molecular weight is 2040 g/mol. The normalized spacial score (nSPS) is 24.8. The first-order valence-corrected chi connectivity index (χ1v) is 50.6.